The van der Waals surface area contributed by atoms with Gasteiger partial charge in [-0.15, -0.1) is 24.0 Å². The van der Waals surface area contributed by atoms with E-state index >= 15 is 0 Å². The van der Waals surface area contributed by atoms with Gasteiger partial charge in [0, 0.05) is 19.7 Å². The third kappa shape index (κ3) is 9.09. The Kier molecular flexibility index (Phi) is 12.0. The van der Waals surface area contributed by atoms with Crippen LogP contribution in [0.5, 0.6) is 0 Å². The Bertz CT molecular complexity index is 451. The van der Waals surface area contributed by atoms with Gasteiger partial charge in [-0.2, -0.15) is 4.98 Å². The van der Waals surface area contributed by atoms with E-state index in [-0.39, 0.29) is 30.1 Å². The van der Waals surface area contributed by atoms with E-state index in [2.05, 4.69) is 39.6 Å². The number of guanidine groups is 1. The summed E-state index contributed by atoms with van der Waals surface area (Å²) >= 11 is 0. The maximum atomic E-state index is 5.74. The normalized spacial score (nSPS) is 12.9. The Hall–Kier alpha value is -0.900. The summed E-state index contributed by atoms with van der Waals surface area (Å²) in [5.41, 5.74) is 0. The lowest BCUT2D eigenvalue weighted by molar-refractivity contribution is 0.0258. The van der Waals surface area contributed by atoms with E-state index in [1.165, 1.54) is 0 Å². The molecule has 0 spiro atoms. The van der Waals surface area contributed by atoms with Gasteiger partial charge in [0.15, 0.2) is 11.8 Å². The van der Waals surface area contributed by atoms with Crippen LogP contribution >= 0.6 is 24.0 Å². The van der Waals surface area contributed by atoms with Crippen LogP contribution in [0.15, 0.2) is 9.52 Å². The van der Waals surface area contributed by atoms with Crippen LogP contribution in [-0.4, -0.2) is 41.9 Å². The molecule has 0 aromatic carbocycles. The highest BCUT2D eigenvalue weighted by molar-refractivity contribution is 14.0. The van der Waals surface area contributed by atoms with Gasteiger partial charge in [-0.25, -0.2) is 4.99 Å². The number of hydrogen-bond acceptors (Lipinski definition) is 5. The first-order chi connectivity index (χ1) is 10.6. The maximum absolute atomic E-state index is 5.74. The summed E-state index contributed by atoms with van der Waals surface area (Å²) in [6.45, 7) is 12.9. The van der Waals surface area contributed by atoms with Crippen LogP contribution in [0.1, 0.15) is 45.8 Å². The molecular formula is C15H30IN5O2. The number of nitrogens with one attached hydrogen (secondary N) is 2. The molecule has 1 aromatic rings. The minimum absolute atomic E-state index is 0. The Labute approximate surface area is 156 Å². The molecule has 1 atom stereocenters. The van der Waals surface area contributed by atoms with Crippen LogP contribution in [0.4, 0.5) is 0 Å². The van der Waals surface area contributed by atoms with Gasteiger partial charge in [-0.1, -0.05) is 19.0 Å². The summed E-state index contributed by atoms with van der Waals surface area (Å²) < 4.78 is 10.8. The molecule has 0 aliphatic heterocycles. The zero-order chi connectivity index (χ0) is 16.4. The lowest BCUT2D eigenvalue weighted by atomic mass is 10.0. The van der Waals surface area contributed by atoms with Crippen molar-refractivity contribution in [3.63, 3.8) is 0 Å². The summed E-state index contributed by atoms with van der Waals surface area (Å²) in [4.78, 5) is 8.58. The topological polar surface area (TPSA) is 84.6 Å². The number of aliphatic imine (C=N–C) groups is 1. The van der Waals surface area contributed by atoms with Crippen molar-refractivity contribution < 1.29 is 9.26 Å². The van der Waals surface area contributed by atoms with Crippen molar-refractivity contribution >= 4 is 29.9 Å². The third-order valence-corrected chi connectivity index (χ3v) is 3.13. The zero-order valence-corrected chi connectivity index (χ0v) is 17.1. The predicted molar refractivity (Wildman–Crippen MR) is 102 cm³/mol. The van der Waals surface area contributed by atoms with Gasteiger partial charge in [-0.3, -0.25) is 0 Å². The Balaban J connectivity index is 0.00000484. The van der Waals surface area contributed by atoms with E-state index in [4.69, 9.17) is 9.26 Å². The molecule has 0 saturated heterocycles. The van der Waals surface area contributed by atoms with Gasteiger partial charge in [0.05, 0.1) is 6.10 Å². The number of hydrogen-bond donors (Lipinski definition) is 2. The lowest BCUT2D eigenvalue weighted by Crippen LogP contribution is -2.39. The summed E-state index contributed by atoms with van der Waals surface area (Å²) in [7, 11) is 0. The van der Waals surface area contributed by atoms with E-state index in [0.29, 0.717) is 24.2 Å². The second kappa shape index (κ2) is 12.5. The fraction of sp³-hybridized carbons (Fsp3) is 0.800. The van der Waals surface area contributed by atoms with Crippen molar-refractivity contribution in [3.8, 4) is 0 Å². The molecule has 8 heteroatoms. The van der Waals surface area contributed by atoms with Gasteiger partial charge in [0.1, 0.15) is 6.54 Å². The molecule has 134 valence electrons. The number of aryl methyl sites for hydroxylation is 1. The Morgan fingerprint density at radius 3 is 2.57 bits per heavy atom. The summed E-state index contributed by atoms with van der Waals surface area (Å²) in [6.07, 6.45) is 1.20. The number of ether oxygens (including phenoxy) is 1. The van der Waals surface area contributed by atoms with Gasteiger partial charge in [-0.05, 0) is 33.1 Å². The second-order valence-electron chi connectivity index (χ2n) is 5.38. The zero-order valence-electron chi connectivity index (χ0n) is 14.8. The molecule has 0 amide bonds. The lowest BCUT2D eigenvalue weighted by Gasteiger charge is -2.21. The highest BCUT2D eigenvalue weighted by Gasteiger charge is 2.13. The van der Waals surface area contributed by atoms with E-state index in [1.54, 1.807) is 6.92 Å². The first-order valence-corrected chi connectivity index (χ1v) is 7.99. The van der Waals surface area contributed by atoms with E-state index in [1.807, 2.05) is 13.8 Å². The summed E-state index contributed by atoms with van der Waals surface area (Å²) in [5.74, 6) is 2.39. The molecule has 0 aliphatic carbocycles. The molecule has 1 aromatic heterocycles. The molecule has 23 heavy (non-hydrogen) atoms. The minimum Gasteiger partial charge on any atom is -0.378 e. The van der Waals surface area contributed by atoms with Gasteiger partial charge < -0.3 is 19.9 Å². The molecule has 2 N–H and O–H groups in total. The Morgan fingerprint density at radius 1 is 1.30 bits per heavy atom. The van der Waals surface area contributed by atoms with Crippen molar-refractivity contribution in [3.05, 3.63) is 11.7 Å². The van der Waals surface area contributed by atoms with E-state index in [0.717, 1.165) is 32.1 Å². The van der Waals surface area contributed by atoms with Crippen molar-refractivity contribution in [2.45, 2.75) is 53.7 Å². The van der Waals surface area contributed by atoms with Crippen LogP contribution in [-0.2, 0) is 11.3 Å². The second-order valence-corrected chi connectivity index (χ2v) is 5.38. The van der Waals surface area contributed by atoms with Crippen LogP contribution in [0.2, 0.25) is 0 Å². The summed E-state index contributed by atoms with van der Waals surface area (Å²) in [6, 6.07) is 0. The average molecular weight is 439 g/mol. The molecule has 0 fully saturated rings. The van der Waals surface area contributed by atoms with E-state index in [9.17, 15) is 0 Å². The fourth-order valence-corrected chi connectivity index (χ4v) is 2.05. The highest BCUT2D eigenvalue weighted by atomic mass is 127. The average Bonchev–Trinajstić information content (AvgIpc) is 2.89. The minimum atomic E-state index is 0. The van der Waals surface area contributed by atoms with Crippen LogP contribution < -0.4 is 10.6 Å². The smallest absolute Gasteiger partial charge is 0.248 e. The van der Waals surface area contributed by atoms with Gasteiger partial charge in [0.2, 0.25) is 5.89 Å². The molecule has 1 rings (SSSR count). The molecule has 0 radical (unpaired) electrons. The molecular weight excluding hydrogens is 409 g/mol. The Morgan fingerprint density at radius 2 is 2.04 bits per heavy atom. The molecule has 0 saturated carbocycles. The first kappa shape index (κ1) is 22.1. The van der Waals surface area contributed by atoms with Crippen molar-refractivity contribution in [2.24, 2.45) is 10.9 Å². The van der Waals surface area contributed by atoms with Crippen molar-refractivity contribution in [1.29, 1.82) is 0 Å². The van der Waals surface area contributed by atoms with Crippen LogP contribution in [0, 0.1) is 12.8 Å². The number of aromatic nitrogens is 2. The maximum Gasteiger partial charge on any atom is 0.248 e. The first-order valence-electron chi connectivity index (χ1n) is 7.99. The van der Waals surface area contributed by atoms with Gasteiger partial charge in [0.25, 0.3) is 0 Å². The molecule has 1 heterocycles. The number of nitrogens with zero attached hydrogens (tertiary/aromatic N) is 3. The summed E-state index contributed by atoms with van der Waals surface area (Å²) in [5, 5.41) is 10.3. The van der Waals surface area contributed by atoms with Crippen LogP contribution in [0.3, 0.4) is 0 Å². The molecule has 0 bridgehead atoms. The largest absolute Gasteiger partial charge is 0.378 e. The number of halogens is 1. The monoisotopic (exact) mass is 439 g/mol. The van der Waals surface area contributed by atoms with Crippen molar-refractivity contribution in [1.82, 2.24) is 20.8 Å². The van der Waals surface area contributed by atoms with Gasteiger partial charge >= 0.3 is 0 Å². The standard InChI is InChI=1S/C15H29N5O2.HI/c1-6-16-15(18-10-14-19-12(5)20-22-14)17-9-8-13(11(3)4)21-7-2;/h11,13H,6-10H2,1-5H3,(H2,16,17,18);1H. The SMILES string of the molecule is CCNC(=NCc1nc(C)no1)NCCC(OCC)C(C)C.I. The van der Waals surface area contributed by atoms with Crippen molar-refractivity contribution in [2.75, 3.05) is 19.7 Å². The number of rotatable bonds is 9. The quantitative estimate of drug-likeness (QED) is 0.350. The fourth-order valence-electron chi connectivity index (χ4n) is 2.05. The molecule has 0 aliphatic rings. The van der Waals surface area contributed by atoms with Crippen LogP contribution in [0.25, 0.3) is 0 Å². The molecule has 7 nitrogen and oxygen atoms in total. The predicted octanol–water partition coefficient (Wildman–Crippen LogP) is 2.50. The third-order valence-electron chi connectivity index (χ3n) is 3.13. The molecule has 1 unspecified atom stereocenters. The highest BCUT2D eigenvalue weighted by Crippen LogP contribution is 2.09. The van der Waals surface area contributed by atoms with E-state index < -0.39 is 0 Å².